The number of rotatable bonds is 8. The van der Waals surface area contributed by atoms with E-state index >= 15 is 0 Å². The Labute approximate surface area is 225 Å². The largest absolute Gasteiger partial charge is 0.497 e. The molecule has 1 fully saturated rings. The van der Waals surface area contributed by atoms with Crippen molar-refractivity contribution in [1.82, 2.24) is 4.90 Å². The number of methoxy groups -OCH3 is 2. The summed E-state index contributed by atoms with van der Waals surface area (Å²) in [5.74, 6) is 0.682. The van der Waals surface area contributed by atoms with Crippen molar-refractivity contribution >= 4 is 52.3 Å². The van der Waals surface area contributed by atoms with Gasteiger partial charge in [0.05, 0.1) is 25.2 Å². The smallest absolute Gasteiger partial charge is 0.336 e. The zero-order valence-electron chi connectivity index (χ0n) is 20.5. The number of thiocarbonyl (C=S) groups is 1. The zero-order valence-corrected chi connectivity index (χ0v) is 22.2. The monoisotopic (exact) mass is 531 g/mol. The highest BCUT2D eigenvalue weighted by atomic mass is 32.2. The summed E-state index contributed by atoms with van der Waals surface area (Å²) < 4.78 is 16.5. The van der Waals surface area contributed by atoms with E-state index in [-0.39, 0.29) is 17.7 Å². The normalized spacial score (nSPS) is 15.3. The van der Waals surface area contributed by atoms with E-state index in [4.69, 9.17) is 26.4 Å². The molecule has 0 radical (unpaired) electrons. The highest BCUT2D eigenvalue weighted by Crippen LogP contribution is 2.39. The van der Waals surface area contributed by atoms with E-state index in [1.54, 1.807) is 42.4 Å². The van der Waals surface area contributed by atoms with Gasteiger partial charge in [0, 0.05) is 6.08 Å². The standard InChI is InChI=1S/C29H25NO5S2/c1-19(22-7-5-4-6-8-22)30-28(32)26(37-29(30)36)18-21-11-15-24(25(17-21)34-3)35-27(31)16-12-20-9-13-23(33-2)14-10-20/h4-19H,1-3H3/b16-12+,26-18-. The summed E-state index contributed by atoms with van der Waals surface area (Å²) in [7, 11) is 3.09. The van der Waals surface area contributed by atoms with Crippen molar-refractivity contribution in [3.8, 4) is 17.2 Å². The number of esters is 1. The molecule has 6 nitrogen and oxygen atoms in total. The van der Waals surface area contributed by atoms with Crippen LogP contribution in [0.25, 0.3) is 12.2 Å². The average Bonchev–Trinajstić information content (AvgIpc) is 3.20. The Morgan fingerprint density at radius 3 is 2.32 bits per heavy atom. The lowest BCUT2D eigenvalue weighted by Gasteiger charge is -2.23. The van der Waals surface area contributed by atoms with Gasteiger partial charge in [0.25, 0.3) is 5.91 Å². The van der Waals surface area contributed by atoms with E-state index in [1.165, 1.54) is 24.9 Å². The Morgan fingerprint density at radius 2 is 1.65 bits per heavy atom. The molecule has 1 aliphatic rings. The molecule has 3 aromatic rings. The summed E-state index contributed by atoms with van der Waals surface area (Å²) >= 11 is 6.77. The van der Waals surface area contributed by atoms with Crippen LogP contribution in [0.5, 0.6) is 17.2 Å². The molecule has 3 aromatic carbocycles. The fourth-order valence-electron chi connectivity index (χ4n) is 3.73. The van der Waals surface area contributed by atoms with Gasteiger partial charge in [0.2, 0.25) is 0 Å². The average molecular weight is 532 g/mol. The Balaban J connectivity index is 1.47. The molecule has 0 N–H and O–H groups in total. The summed E-state index contributed by atoms with van der Waals surface area (Å²) in [6.45, 7) is 1.96. The van der Waals surface area contributed by atoms with E-state index in [1.807, 2.05) is 61.5 Å². The lowest BCUT2D eigenvalue weighted by atomic mass is 10.1. The van der Waals surface area contributed by atoms with Crippen molar-refractivity contribution in [2.75, 3.05) is 14.2 Å². The second-order valence-corrected chi connectivity index (χ2v) is 9.75. The van der Waals surface area contributed by atoms with E-state index in [9.17, 15) is 9.59 Å². The minimum atomic E-state index is -0.544. The third kappa shape index (κ3) is 6.28. The molecular formula is C29H25NO5S2. The highest BCUT2D eigenvalue weighted by Gasteiger charge is 2.35. The molecule has 0 aromatic heterocycles. The maximum atomic E-state index is 13.2. The molecule has 1 saturated heterocycles. The SMILES string of the molecule is COc1ccc(/C=C/C(=O)Oc2ccc(/C=C3\SC(=S)N(C(C)c4ccccc4)C3=O)cc2OC)cc1. The molecule has 0 aliphatic carbocycles. The quantitative estimate of drug-likeness (QED) is 0.147. The van der Waals surface area contributed by atoms with Gasteiger partial charge in [-0.2, -0.15) is 0 Å². The molecule has 1 atom stereocenters. The van der Waals surface area contributed by atoms with Gasteiger partial charge in [0.1, 0.15) is 10.1 Å². The third-order valence-corrected chi connectivity index (χ3v) is 7.05. The van der Waals surface area contributed by atoms with Crippen molar-refractivity contribution in [3.63, 3.8) is 0 Å². The van der Waals surface area contributed by atoms with Gasteiger partial charge in [-0.15, -0.1) is 0 Å². The lowest BCUT2D eigenvalue weighted by Crippen LogP contribution is -2.30. The first kappa shape index (κ1) is 26.2. The molecule has 0 saturated carbocycles. The predicted octanol–water partition coefficient (Wildman–Crippen LogP) is 6.29. The van der Waals surface area contributed by atoms with Gasteiger partial charge in [0.15, 0.2) is 11.5 Å². The van der Waals surface area contributed by atoms with Crippen molar-refractivity contribution in [2.24, 2.45) is 0 Å². The predicted molar refractivity (Wildman–Crippen MR) is 151 cm³/mol. The van der Waals surface area contributed by atoms with Crippen LogP contribution >= 0.6 is 24.0 Å². The summed E-state index contributed by atoms with van der Waals surface area (Å²) in [6, 6.07) is 22.0. The fraction of sp³-hybridized carbons (Fsp3) is 0.138. The van der Waals surface area contributed by atoms with Gasteiger partial charge in [-0.25, -0.2) is 4.79 Å². The topological polar surface area (TPSA) is 65.1 Å². The number of thioether (sulfide) groups is 1. The van der Waals surface area contributed by atoms with Crippen molar-refractivity contribution in [1.29, 1.82) is 0 Å². The molecule has 4 rings (SSSR count). The van der Waals surface area contributed by atoms with E-state index in [0.717, 1.165) is 22.4 Å². The van der Waals surface area contributed by atoms with Gasteiger partial charge < -0.3 is 14.2 Å². The first-order valence-electron chi connectivity index (χ1n) is 11.4. The van der Waals surface area contributed by atoms with Gasteiger partial charge in [-0.3, -0.25) is 9.69 Å². The first-order chi connectivity index (χ1) is 17.9. The van der Waals surface area contributed by atoms with Crippen LogP contribution in [0.4, 0.5) is 0 Å². The number of nitrogens with zero attached hydrogens (tertiary/aromatic N) is 1. The minimum absolute atomic E-state index is 0.149. The summed E-state index contributed by atoms with van der Waals surface area (Å²) in [6.07, 6.45) is 4.75. The number of amides is 1. The molecule has 37 heavy (non-hydrogen) atoms. The number of hydrogen-bond donors (Lipinski definition) is 0. The van der Waals surface area contributed by atoms with Crippen LogP contribution in [0.2, 0.25) is 0 Å². The number of ether oxygens (including phenoxy) is 3. The Hall–Kier alpha value is -3.88. The Bertz CT molecular complexity index is 1370. The van der Waals surface area contributed by atoms with Crippen LogP contribution in [0.15, 0.2) is 83.8 Å². The second kappa shape index (κ2) is 11.9. The van der Waals surface area contributed by atoms with E-state index in [0.29, 0.717) is 15.0 Å². The van der Waals surface area contributed by atoms with Crippen molar-refractivity contribution in [3.05, 3.63) is 100 Å². The van der Waals surface area contributed by atoms with Crippen molar-refractivity contribution in [2.45, 2.75) is 13.0 Å². The molecule has 1 amide bonds. The number of carbonyl (C=O) groups is 2. The summed E-state index contributed by atoms with van der Waals surface area (Å²) in [5, 5.41) is 0. The second-order valence-electron chi connectivity index (χ2n) is 8.08. The zero-order chi connectivity index (χ0) is 26.4. The van der Waals surface area contributed by atoms with Crippen LogP contribution in [-0.2, 0) is 9.59 Å². The molecule has 0 spiro atoms. The van der Waals surface area contributed by atoms with Crippen molar-refractivity contribution < 1.29 is 23.8 Å². The Morgan fingerprint density at radius 1 is 0.946 bits per heavy atom. The number of benzene rings is 3. The summed E-state index contributed by atoms with van der Waals surface area (Å²) in [4.78, 5) is 27.7. The van der Waals surface area contributed by atoms with Crippen LogP contribution in [-0.4, -0.2) is 35.3 Å². The van der Waals surface area contributed by atoms with E-state index in [2.05, 4.69) is 0 Å². The Kier molecular flexibility index (Phi) is 8.43. The minimum Gasteiger partial charge on any atom is -0.497 e. The molecule has 8 heteroatoms. The molecule has 188 valence electrons. The van der Waals surface area contributed by atoms with Crippen LogP contribution < -0.4 is 14.2 Å². The van der Waals surface area contributed by atoms with E-state index < -0.39 is 5.97 Å². The first-order valence-corrected chi connectivity index (χ1v) is 12.7. The van der Waals surface area contributed by atoms with Gasteiger partial charge >= 0.3 is 5.97 Å². The molecule has 1 aliphatic heterocycles. The van der Waals surface area contributed by atoms with Crippen LogP contribution in [0.1, 0.15) is 29.7 Å². The maximum absolute atomic E-state index is 13.2. The number of carbonyl (C=O) groups excluding carboxylic acids is 2. The van der Waals surface area contributed by atoms with Gasteiger partial charge in [-0.05, 0) is 60.0 Å². The molecule has 1 unspecified atom stereocenters. The summed E-state index contributed by atoms with van der Waals surface area (Å²) in [5.41, 5.74) is 2.56. The van der Waals surface area contributed by atoms with Crippen LogP contribution in [0, 0.1) is 0 Å². The molecular weight excluding hydrogens is 506 g/mol. The highest BCUT2D eigenvalue weighted by molar-refractivity contribution is 8.26. The van der Waals surface area contributed by atoms with Crippen LogP contribution in [0.3, 0.4) is 0 Å². The third-order valence-electron chi connectivity index (χ3n) is 5.72. The van der Waals surface area contributed by atoms with Gasteiger partial charge in [-0.1, -0.05) is 72.5 Å². The number of hydrogen-bond acceptors (Lipinski definition) is 7. The maximum Gasteiger partial charge on any atom is 0.336 e. The molecule has 1 heterocycles. The lowest BCUT2D eigenvalue weighted by molar-refractivity contribution is -0.129. The molecule has 0 bridgehead atoms. The fourth-order valence-corrected chi connectivity index (χ4v) is 5.14.